The fourth-order valence-electron chi connectivity index (χ4n) is 4.12. The molecule has 4 heteroatoms. The van der Waals surface area contributed by atoms with Crippen LogP contribution in [0.4, 0.5) is 0 Å². The van der Waals surface area contributed by atoms with Crippen LogP contribution in [-0.2, 0) is 11.2 Å². The molecule has 1 saturated heterocycles. The topological polar surface area (TPSA) is 36.4 Å². The Labute approximate surface area is 172 Å². The highest BCUT2D eigenvalue weighted by atomic mass is 16.2. The van der Waals surface area contributed by atoms with Crippen LogP contribution in [0.25, 0.3) is 0 Å². The smallest absolute Gasteiger partial charge is 0.230 e. The molecule has 0 aliphatic carbocycles. The lowest BCUT2D eigenvalue weighted by Gasteiger charge is -2.41. The van der Waals surface area contributed by atoms with Gasteiger partial charge in [0.15, 0.2) is 0 Å². The molecule has 29 heavy (non-hydrogen) atoms. The molecule has 2 heterocycles. The number of piperazine rings is 1. The molecule has 1 aliphatic rings. The van der Waals surface area contributed by atoms with E-state index >= 15 is 0 Å². The van der Waals surface area contributed by atoms with Crippen molar-refractivity contribution in [2.75, 3.05) is 26.7 Å². The van der Waals surface area contributed by atoms with Gasteiger partial charge < -0.3 is 4.90 Å². The maximum absolute atomic E-state index is 13.7. The quantitative estimate of drug-likeness (QED) is 0.668. The number of hydrogen-bond acceptors (Lipinski definition) is 3. The van der Waals surface area contributed by atoms with Gasteiger partial charge in [-0.3, -0.25) is 14.7 Å². The minimum Gasteiger partial charge on any atom is -0.339 e. The van der Waals surface area contributed by atoms with Gasteiger partial charge in [-0.25, -0.2) is 0 Å². The van der Waals surface area contributed by atoms with Gasteiger partial charge in [0.2, 0.25) is 5.91 Å². The number of likely N-dealkylation sites (N-methyl/N-ethyl adjacent to an activating group) is 1. The van der Waals surface area contributed by atoms with Crippen molar-refractivity contribution in [2.24, 2.45) is 0 Å². The second kappa shape index (κ2) is 9.01. The van der Waals surface area contributed by atoms with Crippen molar-refractivity contribution in [2.45, 2.75) is 18.4 Å². The van der Waals surface area contributed by atoms with E-state index in [-0.39, 0.29) is 17.9 Å². The third kappa shape index (κ3) is 4.54. The summed E-state index contributed by atoms with van der Waals surface area (Å²) in [5.74, 6) is 0.0282. The lowest BCUT2D eigenvalue weighted by atomic mass is 9.90. The minimum absolute atomic E-state index is 0.182. The molecule has 1 fully saturated rings. The van der Waals surface area contributed by atoms with Crippen LogP contribution < -0.4 is 0 Å². The minimum atomic E-state index is -0.182. The fourth-order valence-corrected chi connectivity index (χ4v) is 4.12. The van der Waals surface area contributed by atoms with E-state index in [1.807, 2.05) is 36.4 Å². The van der Waals surface area contributed by atoms with Gasteiger partial charge in [-0.2, -0.15) is 0 Å². The van der Waals surface area contributed by atoms with E-state index in [1.54, 1.807) is 12.4 Å². The van der Waals surface area contributed by atoms with Gasteiger partial charge >= 0.3 is 0 Å². The van der Waals surface area contributed by atoms with Crippen molar-refractivity contribution in [1.82, 2.24) is 14.8 Å². The lowest BCUT2D eigenvalue weighted by Crippen LogP contribution is -2.50. The van der Waals surface area contributed by atoms with Crippen LogP contribution in [0, 0.1) is 0 Å². The monoisotopic (exact) mass is 385 g/mol. The average molecular weight is 386 g/mol. The van der Waals surface area contributed by atoms with E-state index in [0.29, 0.717) is 6.42 Å². The summed E-state index contributed by atoms with van der Waals surface area (Å²) in [6, 6.07) is 24.9. The van der Waals surface area contributed by atoms with Gasteiger partial charge in [0, 0.05) is 32.0 Å². The Bertz CT molecular complexity index is 915. The summed E-state index contributed by atoms with van der Waals surface area (Å²) in [7, 11) is 2.14. The molecular formula is C25H27N3O. The first-order chi connectivity index (χ1) is 14.2. The maximum atomic E-state index is 13.7. The van der Waals surface area contributed by atoms with Crippen LogP contribution in [0.15, 0.2) is 85.2 Å². The van der Waals surface area contributed by atoms with Crippen molar-refractivity contribution in [3.8, 4) is 0 Å². The Morgan fingerprint density at radius 2 is 1.62 bits per heavy atom. The molecule has 2 unspecified atom stereocenters. The number of pyridine rings is 1. The van der Waals surface area contributed by atoms with Crippen LogP contribution in [0.3, 0.4) is 0 Å². The van der Waals surface area contributed by atoms with Gasteiger partial charge in [-0.15, -0.1) is 0 Å². The molecule has 0 radical (unpaired) electrons. The summed E-state index contributed by atoms with van der Waals surface area (Å²) in [6.45, 7) is 2.36. The van der Waals surface area contributed by atoms with Crippen molar-refractivity contribution in [3.05, 3.63) is 102 Å². The molecule has 2 aromatic carbocycles. The second-order valence-electron chi connectivity index (χ2n) is 7.71. The second-order valence-corrected chi connectivity index (χ2v) is 7.71. The largest absolute Gasteiger partial charge is 0.339 e. The number of amides is 1. The number of carbonyl (C=O) groups excluding carboxylic acids is 1. The molecule has 4 rings (SSSR count). The highest BCUT2D eigenvalue weighted by molar-refractivity contribution is 5.84. The Morgan fingerprint density at radius 1 is 0.966 bits per heavy atom. The summed E-state index contributed by atoms with van der Waals surface area (Å²) < 4.78 is 0. The number of rotatable bonds is 5. The van der Waals surface area contributed by atoms with Crippen LogP contribution in [-0.4, -0.2) is 47.4 Å². The van der Waals surface area contributed by atoms with Crippen molar-refractivity contribution in [1.29, 1.82) is 0 Å². The molecule has 0 spiro atoms. The van der Waals surface area contributed by atoms with Crippen LogP contribution in [0.2, 0.25) is 0 Å². The van der Waals surface area contributed by atoms with Crippen LogP contribution >= 0.6 is 0 Å². The number of nitrogens with zero attached hydrogens (tertiary/aromatic N) is 3. The van der Waals surface area contributed by atoms with E-state index in [9.17, 15) is 4.79 Å². The molecule has 0 bridgehead atoms. The summed E-state index contributed by atoms with van der Waals surface area (Å²) >= 11 is 0. The number of carbonyl (C=O) groups is 1. The Morgan fingerprint density at radius 3 is 2.31 bits per heavy atom. The lowest BCUT2D eigenvalue weighted by molar-refractivity contribution is -0.135. The van der Waals surface area contributed by atoms with E-state index in [1.165, 1.54) is 5.56 Å². The number of aromatic nitrogens is 1. The zero-order valence-electron chi connectivity index (χ0n) is 16.8. The summed E-state index contributed by atoms with van der Waals surface area (Å²) in [6.07, 6.45) is 4.28. The first-order valence-corrected chi connectivity index (χ1v) is 10.2. The van der Waals surface area contributed by atoms with Crippen molar-refractivity contribution < 1.29 is 4.79 Å². The molecule has 0 N–H and O–H groups in total. The van der Waals surface area contributed by atoms with Crippen molar-refractivity contribution >= 4 is 5.91 Å². The van der Waals surface area contributed by atoms with Crippen LogP contribution in [0.5, 0.6) is 0 Å². The average Bonchev–Trinajstić information content (AvgIpc) is 2.79. The van der Waals surface area contributed by atoms with Gasteiger partial charge in [-0.1, -0.05) is 60.7 Å². The molecule has 4 nitrogen and oxygen atoms in total. The van der Waals surface area contributed by atoms with Crippen molar-refractivity contribution in [3.63, 3.8) is 0 Å². The van der Waals surface area contributed by atoms with Gasteiger partial charge in [0.25, 0.3) is 0 Å². The number of benzene rings is 2. The molecule has 1 amide bonds. The maximum Gasteiger partial charge on any atom is 0.230 e. The van der Waals surface area contributed by atoms with Crippen LogP contribution in [0.1, 0.15) is 28.7 Å². The first-order valence-electron chi connectivity index (χ1n) is 10.2. The predicted octanol–water partition coefficient (Wildman–Crippen LogP) is 3.92. The predicted molar refractivity (Wildman–Crippen MR) is 116 cm³/mol. The zero-order chi connectivity index (χ0) is 20.1. The molecule has 3 aromatic rings. The summed E-state index contributed by atoms with van der Waals surface area (Å²) in [5.41, 5.74) is 3.47. The highest BCUT2D eigenvalue weighted by Gasteiger charge is 2.32. The molecule has 2 atom stereocenters. The SMILES string of the molecule is CN1CCN(C(=O)C(Cc2ccncc2)c2ccccc2)CC1c1ccccc1. The Kier molecular flexibility index (Phi) is 6.01. The third-order valence-corrected chi connectivity index (χ3v) is 5.83. The van der Waals surface area contributed by atoms with E-state index < -0.39 is 0 Å². The fraction of sp³-hybridized carbons (Fsp3) is 0.280. The van der Waals surface area contributed by atoms with E-state index in [0.717, 1.165) is 30.8 Å². The number of hydrogen-bond donors (Lipinski definition) is 0. The van der Waals surface area contributed by atoms with Gasteiger partial charge in [0.1, 0.15) is 0 Å². The third-order valence-electron chi connectivity index (χ3n) is 5.83. The Hall–Kier alpha value is -2.98. The van der Waals surface area contributed by atoms with Gasteiger partial charge in [-0.05, 0) is 42.3 Å². The molecule has 0 saturated carbocycles. The Balaban J connectivity index is 1.58. The molecule has 1 aromatic heterocycles. The van der Waals surface area contributed by atoms with Gasteiger partial charge in [0.05, 0.1) is 12.0 Å². The molecule has 148 valence electrons. The zero-order valence-corrected chi connectivity index (χ0v) is 16.8. The molecule has 1 aliphatic heterocycles. The standard InChI is InChI=1S/C25H27N3O/c1-27-16-17-28(19-24(27)22-10-6-3-7-11-22)25(29)23(21-8-4-2-5-9-21)18-20-12-14-26-15-13-20/h2-15,23-24H,16-19H2,1H3. The normalized spacial score (nSPS) is 18.4. The summed E-state index contributed by atoms with van der Waals surface area (Å²) in [5, 5.41) is 0. The molecular weight excluding hydrogens is 358 g/mol. The van der Waals surface area contributed by atoms with E-state index in [4.69, 9.17) is 0 Å². The first kappa shape index (κ1) is 19.3. The summed E-state index contributed by atoms with van der Waals surface area (Å²) in [4.78, 5) is 22.2. The highest BCUT2D eigenvalue weighted by Crippen LogP contribution is 2.28. The van der Waals surface area contributed by atoms with E-state index in [2.05, 4.69) is 58.2 Å².